The second kappa shape index (κ2) is 4.80. The molecule has 0 amide bonds. The van der Waals surface area contributed by atoms with Crippen LogP contribution in [0.1, 0.15) is 54.9 Å². The lowest BCUT2D eigenvalue weighted by Crippen LogP contribution is -2.51. The highest BCUT2D eigenvalue weighted by atomic mass is 16.6. The molecule has 0 radical (unpaired) electrons. The van der Waals surface area contributed by atoms with Gasteiger partial charge in [0, 0.05) is 6.42 Å². The fourth-order valence-corrected chi connectivity index (χ4v) is 2.57. The SMILES string of the molecule is CC(C)(C)C(C)(C(=O)OC1CCOC1=O)C(C)(C)C. The first kappa shape index (κ1) is 16.0. The Balaban J connectivity index is 3.00. The quantitative estimate of drug-likeness (QED) is 0.724. The van der Waals surface area contributed by atoms with Crippen molar-refractivity contribution >= 4 is 11.9 Å². The van der Waals surface area contributed by atoms with Crippen molar-refractivity contribution in [1.29, 1.82) is 0 Å². The molecule has 1 saturated heterocycles. The molecule has 110 valence electrons. The third kappa shape index (κ3) is 2.77. The van der Waals surface area contributed by atoms with E-state index in [4.69, 9.17) is 9.47 Å². The van der Waals surface area contributed by atoms with Crippen LogP contribution in [0.2, 0.25) is 0 Å². The van der Waals surface area contributed by atoms with E-state index in [1.807, 2.05) is 48.5 Å². The molecular weight excluding hydrogens is 244 g/mol. The highest BCUT2D eigenvalue weighted by Crippen LogP contribution is 2.52. The number of rotatable bonds is 2. The monoisotopic (exact) mass is 270 g/mol. The molecule has 4 heteroatoms. The maximum Gasteiger partial charge on any atom is 0.347 e. The van der Waals surface area contributed by atoms with Crippen LogP contribution in [-0.4, -0.2) is 24.6 Å². The summed E-state index contributed by atoms with van der Waals surface area (Å²) in [4.78, 5) is 24.1. The zero-order chi connectivity index (χ0) is 15.1. The molecule has 1 fully saturated rings. The fraction of sp³-hybridized carbons (Fsp3) is 0.867. The second-order valence-electron chi connectivity index (χ2n) is 7.48. The van der Waals surface area contributed by atoms with Gasteiger partial charge in [0.15, 0.2) is 0 Å². The number of hydrogen-bond acceptors (Lipinski definition) is 4. The molecule has 0 aliphatic carbocycles. The van der Waals surface area contributed by atoms with Crippen molar-refractivity contribution < 1.29 is 19.1 Å². The summed E-state index contributed by atoms with van der Waals surface area (Å²) in [5.41, 5.74) is -1.24. The van der Waals surface area contributed by atoms with Gasteiger partial charge in [-0.15, -0.1) is 0 Å². The summed E-state index contributed by atoms with van der Waals surface area (Å²) < 4.78 is 10.3. The normalized spacial score (nSPS) is 21.2. The predicted molar refractivity (Wildman–Crippen MR) is 72.5 cm³/mol. The van der Waals surface area contributed by atoms with Crippen LogP contribution in [0, 0.1) is 16.2 Å². The van der Waals surface area contributed by atoms with Crippen LogP contribution < -0.4 is 0 Å². The molecule has 1 unspecified atom stereocenters. The fourth-order valence-electron chi connectivity index (χ4n) is 2.57. The van der Waals surface area contributed by atoms with Crippen molar-refractivity contribution in [2.75, 3.05) is 6.61 Å². The minimum Gasteiger partial charge on any atom is -0.463 e. The molecule has 1 heterocycles. The van der Waals surface area contributed by atoms with Gasteiger partial charge in [-0.25, -0.2) is 4.79 Å². The number of hydrogen-bond donors (Lipinski definition) is 0. The topological polar surface area (TPSA) is 52.6 Å². The number of ether oxygens (including phenoxy) is 2. The van der Waals surface area contributed by atoms with E-state index in [-0.39, 0.29) is 16.8 Å². The van der Waals surface area contributed by atoms with E-state index in [2.05, 4.69) is 0 Å². The van der Waals surface area contributed by atoms with Crippen molar-refractivity contribution in [3.63, 3.8) is 0 Å². The van der Waals surface area contributed by atoms with Gasteiger partial charge in [0.2, 0.25) is 6.10 Å². The average molecular weight is 270 g/mol. The van der Waals surface area contributed by atoms with Crippen LogP contribution in [0.4, 0.5) is 0 Å². The van der Waals surface area contributed by atoms with Crippen LogP contribution in [0.3, 0.4) is 0 Å². The highest BCUT2D eigenvalue weighted by molar-refractivity contribution is 5.84. The van der Waals surface area contributed by atoms with E-state index < -0.39 is 17.5 Å². The number of carbonyl (C=O) groups excluding carboxylic acids is 2. The van der Waals surface area contributed by atoms with Gasteiger partial charge < -0.3 is 9.47 Å². The summed E-state index contributed by atoms with van der Waals surface area (Å²) in [6.45, 7) is 14.4. The zero-order valence-corrected chi connectivity index (χ0v) is 13.1. The molecule has 4 nitrogen and oxygen atoms in total. The number of cyclic esters (lactones) is 1. The number of esters is 2. The summed E-state index contributed by atoms with van der Waals surface area (Å²) in [6, 6.07) is 0. The van der Waals surface area contributed by atoms with E-state index in [1.165, 1.54) is 0 Å². The first-order valence-corrected chi connectivity index (χ1v) is 6.79. The van der Waals surface area contributed by atoms with Crippen molar-refractivity contribution in [3.8, 4) is 0 Å². The minimum atomic E-state index is -0.739. The third-order valence-electron chi connectivity index (χ3n) is 4.54. The maximum atomic E-state index is 12.6. The summed E-state index contributed by atoms with van der Waals surface area (Å²) in [5.74, 6) is -0.755. The zero-order valence-electron chi connectivity index (χ0n) is 13.1. The van der Waals surface area contributed by atoms with Gasteiger partial charge >= 0.3 is 11.9 Å². The van der Waals surface area contributed by atoms with E-state index in [0.717, 1.165) is 0 Å². The summed E-state index contributed by atoms with van der Waals surface area (Å²) in [5, 5.41) is 0. The van der Waals surface area contributed by atoms with Crippen molar-refractivity contribution in [3.05, 3.63) is 0 Å². The summed E-state index contributed by atoms with van der Waals surface area (Å²) >= 11 is 0. The van der Waals surface area contributed by atoms with Gasteiger partial charge in [-0.2, -0.15) is 0 Å². The molecule has 19 heavy (non-hydrogen) atoms. The molecular formula is C15H26O4. The van der Waals surface area contributed by atoms with Gasteiger partial charge in [0.25, 0.3) is 0 Å². The van der Waals surface area contributed by atoms with Gasteiger partial charge in [0.05, 0.1) is 12.0 Å². The van der Waals surface area contributed by atoms with E-state index in [1.54, 1.807) is 0 Å². The van der Waals surface area contributed by atoms with Crippen LogP contribution in [0.5, 0.6) is 0 Å². The lowest BCUT2D eigenvalue weighted by molar-refractivity contribution is -0.182. The molecule has 0 spiro atoms. The first-order chi connectivity index (χ1) is 8.41. The average Bonchev–Trinajstić information content (AvgIpc) is 2.59. The smallest absolute Gasteiger partial charge is 0.347 e. The van der Waals surface area contributed by atoms with Crippen LogP contribution in [-0.2, 0) is 19.1 Å². The highest BCUT2D eigenvalue weighted by Gasteiger charge is 2.54. The van der Waals surface area contributed by atoms with E-state index in [9.17, 15) is 9.59 Å². The van der Waals surface area contributed by atoms with Crippen molar-refractivity contribution in [1.82, 2.24) is 0 Å². The van der Waals surface area contributed by atoms with E-state index in [0.29, 0.717) is 13.0 Å². The third-order valence-corrected chi connectivity index (χ3v) is 4.54. The Hall–Kier alpha value is -1.06. The number of carbonyl (C=O) groups is 2. The Labute approximate surface area is 115 Å². The molecule has 1 aliphatic rings. The molecule has 0 bridgehead atoms. The molecule has 0 aromatic carbocycles. The molecule has 0 aromatic rings. The van der Waals surface area contributed by atoms with Gasteiger partial charge in [0.1, 0.15) is 0 Å². The summed E-state index contributed by atoms with van der Waals surface area (Å²) in [7, 11) is 0. The minimum absolute atomic E-state index is 0.273. The first-order valence-electron chi connectivity index (χ1n) is 6.79. The largest absolute Gasteiger partial charge is 0.463 e. The van der Waals surface area contributed by atoms with Gasteiger partial charge in [-0.1, -0.05) is 41.5 Å². The summed E-state index contributed by atoms with van der Waals surface area (Å²) in [6.07, 6.45) is -0.286. The molecule has 1 atom stereocenters. The Morgan fingerprint density at radius 1 is 1.11 bits per heavy atom. The maximum absolute atomic E-state index is 12.6. The predicted octanol–water partition coefficient (Wildman–Crippen LogP) is 2.94. The Morgan fingerprint density at radius 2 is 1.58 bits per heavy atom. The lowest BCUT2D eigenvalue weighted by atomic mass is 9.55. The van der Waals surface area contributed by atoms with Gasteiger partial charge in [-0.05, 0) is 17.8 Å². The Morgan fingerprint density at radius 3 is 1.89 bits per heavy atom. The molecule has 1 rings (SSSR count). The van der Waals surface area contributed by atoms with Crippen molar-refractivity contribution in [2.24, 2.45) is 16.2 Å². The molecule has 0 aromatic heterocycles. The van der Waals surface area contributed by atoms with Crippen LogP contribution >= 0.6 is 0 Å². The molecule has 1 aliphatic heterocycles. The van der Waals surface area contributed by atoms with E-state index >= 15 is 0 Å². The van der Waals surface area contributed by atoms with Crippen LogP contribution in [0.25, 0.3) is 0 Å². The molecule has 0 N–H and O–H groups in total. The standard InChI is InChI=1S/C15H26O4/c1-13(2,3)15(7,14(4,5)6)12(17)19-10-8-9-18-11(10)16/h10H,8-9H2,1-7H3. The van der Waals surface area contributed by atoms with Gasteiger partial charge in [-0.3, -0.25) is 4.79 Å². The van der Waals surface area contributed by atoms with Crippen molar-refractivity contribution in [2.45, 2.75) is 61.0 Å². The Kier molecular flexibility index (Phi) is 4.04. The Bertz CT molecular complexity index is 357. The van der Waals surface area contributed by atoms with Crippen LogP contribution in [0.15, 0.2) is 0 Å². The lowest BCUT2D eigenvalue weighted by Gasteiger charge is -2.49. The second-order valence-corrected chi connectivity index (χ2v) is 7.48. The molecule has 0 saturated carbocycles.